The average molecular weight is 276 g/mol. The number of methoxy groups -OCH3 is 1. The number of hydrogen-bond donors (Lipinski definition) is 2. The van der Waals surface area contributed by atoms with Gasteiger partial charge in [0.05, 0.1) is 13.7 Å². The van der Waals surface area contributed by atoms with Crippen molar-refractivity contribution in [2.24, 2.45) is 0 Å². The Morgan fingerprint density at radius 2 is 2.30 bits per heavy atom. The maximum absolute atomic E-state index is 11.6. The summed E-state index contributed by atoms with van der Waals surface area (Å²) in [5, 5.41) is 6.24. The van der Waals surface area contributed by atoms with E-state index in [2.05, 4.69) is 23.6 Å². The van der Waals surface area contributed by atoms with Gasteiger partial charge in [0.1, 0.15) is 5.75 Å². The summed E-state index contributed by atoms with van der Waals surface area (Å²) in [6.07, 6.45) is 4.00. The third-order valence-electron chi connectivity index (χ3n) is 3.78. The van der Waals surface area contributed by atoms with Gasteiger partial charge < -0.3 is 15.4 Å². The first-order valence-electron chi connectivity index (χ1n) is 7.39. The van der Waals surface area contributed by atoms with Crippen LogP contribution in [0.5, 0.6) is 5.75 Å². The highest BCUT2D eigenvalue weighted by molar-refractivity contribution is 5.77. The first kappa shape index (κ1) is 14.9. The smallest absolute Gasteiger partial charge is 0.233 e. The fraction of sp³-hybridized carbons (Fsp3) is 0.562. The molecule has 0 heterocycles. The minimum atomic E-state index is 0.0864. The Bertz CT molecular complexity index is 460. The quantitative estimate of drug-likeness (QED) is 0.831. The zero-order chi connectivity index (χ0) is 14.4. The Morgan fingerprint density at radius 1 is 1.45 bits per heavy atom. The van der Waals surface area contributed by atoms with Gasteiger partial charge in [-0.1, -0.05) is 19.1 Å². The van der Waals surface area contributed by atoms with Crippen molar-refractivity contribution in [1.29, 1.82) is 0 Å². The van der Waals surface area contributed by atoms with Crippen molar-refractivity contribution in [1.82, 2.24) is 10.6 Å². The van der Waals surface area contributed by atoms with E-state index in [9.17, 15) is 4.79 Å². The molecule has 1 aliphatic rings. The van der Waals surface area contributed by atoms with Gasteiger partial charge in [0.2, 0.25) is 5.91 Å². The van der Waals surface area contributed by atoms with Gasteiger partial charge in [0, 0.05) is 12.6 Å². The Labute approximate surface area is 120 Å². The number of amides is 1. The van der Waals surface area contributed by atoms with Crippen molar-refractivity contribution < 1.29 is 9.53 Å². The molecule has 2 N–H and O–H groups in total. The molecule has 1 amide bonds. The summed E-state index contributed by atoms with van der Waals surface area (Å²) in [6.45, 7) is 3.22. The van der Waals surface area contributed by atoms with Crippen LogP contribution < -0.4 is 15.4 Å². The van der Waals surface area contributed by atoms with Crippen LogP contribution in [0.25, 0.3) is 0 Å². The van der Waals surface area contributed by atoms with E-state index in [1.807, 2.05) is 12.1 Å². The normalized spacial score (nSPS) is 17.4. The van der Waals surface area contributed by atoms with E-state index in [1.165, 1.54) is 11.1 Å². The van der Waals surface area contributed by atoms with Crippen molar-refractivity contribution in [2.45, 2.75) is 38.6 Å². The predicted molar refractivity (Wildman–Crippen MR) is 80.1 cm³/mol. The van der Waals surface area contributed by atoms with Gasteiger partial charge >= 0.3 is 0 Å². The number of rotatable bonds is 6. The molecule has 1 aromatic rings. The fourth-order valence-electron chi connectivity index (χ4n) is 2.70. The molecule has 0 aliphatic heterocycles. The number of carbonyl (C=O) groups excluding carboxylic acids is 1. The third-order valence-corrected chi connectivity index (χ3v) is 3.78. The summed E-state index contributed by atoms with van der Waals surface area (Å²) in [7, 11) is 1.72. The molecule has 0 aromatic heterocycles. The molecule has 1 aromatic carbocycles. The van der Waals surface area contributed by atoms with E-state index in [1.54, 1.807) is 7.11 Å². The SMILES string of the molecule is CCCNC(=O)CNC1CCc2c(cccc2OC)C1. The Morgan fingerprint density at radius 3 is 3.05 bits per heavy atom. The van der Waals surface area contributed by atoms with E-state index in [-0.39, 0.29) is 5.91 Å². The minimum Gasteiger partial charge on any atom is -0.496 e. The molecule has 110 valence electrons. The van der Waals surface area contributed by atoms with Crippen LogP contribution in [0, 0.1) is 0 Å². The molecule has 1 atom stereocenters. The van der Waals surface area contributed by atoms with Crippen LogP contribution in [-0.4, -0.2) is 32.1 Å². The molecule has 0 saturated carbocycles. The van der Waals surface area contributed by atoms with Gasteiger partial charge in [-0.15, -0.1) is 0 Å². The van der Waals surface area contributed by atoms with Gasteiger partial charge in [-0.05, 0) is 42.9 Å². The lowest BCUT2D eigenvalue weighted by Gasteiger charge is -2.26. The van der Waals surface area contributed by atoms with Crippen LogP contribution in [-0.2, 0) is 17.6 Å². The molecule has 1 aliphatic carbocycles. The summed E-state index contributed by atoms with van der Waals surface area (Å²) >= 11 is 0. The van der Waals surface area contributed by atoms with Crippen molar-refractivity contribution in [3.05, 3.63) is 29.3 Å². The number of benzene rings is 1. The van der Waals surface area contributed by atoms with Gasteiger partial charge in [-0.2, -0.15) is 0 Å². The van der Waals surface area contributed by atoms with Crippen LogP contribution >= 0.6 is 0 Å². The van der Waals surface area contributed by atoms with Crippen LogP contribution in [0.15, 0.2) is 18.2 Å². The predicted octanol–water partition coefficient (Wildman–Crippen LogP) is 1.67. The molecule has 1 unspecified atom stereocenters. The lowest BCUT2D eigenvalue weighted by Crippen LogP contribution is -2.41. The highest BCUT2D eigenvalue weighted by Gasteiger charge is 2.21. The molecule has 0 radical (unpaired) electrons. The zero-order valence-electron chi connectivity index (χ0n) is 12.4. The van der Waals surface area contributed by atoms with Crippen LogP contribution in [0.4, 0.5) is 0 Å². The number of fused-ring (bicyclic) bond motifs is 1. The van der Waals surface area contributed by atoms with Crippen molar-refractivity contribution in [2.75, 3.05) is 20.2 Å². The zero-order valence-corrected chi connectivity index (χ0v) is 12.4. The molecule has 4 nitrogen and oxygen atoms in total. The molecule has 4 heteroatoms. The second-order valence-electron chi connectivity index (χ2n) is 5.27. The van der Waals surface area contributed by atoms with Crippen molar-refractivity contribution in [3.63, 3.8) is 0 Å². The molecular formula is C16H24N2O2. The molecule has 20 heavy (non-hydrogen) atoms. The van der Waals surface area contributed by atoms with Gasteiger partial charge in [-0.25, -0.2) is 0 Å². The van der Waals surface area contributed by atoms with E-state index in [0.717, 1.165) is 38.0 Å². The highest BCUT2D eigenvalue weighted by atomic mass is 16.5. The monoisotopic (exact) mass is 276 g/mol. The van der Waals surface area contributed by atoms with E-state index in [0.29, 0.717) is 12.6 Å². The number of hydrogen-bond acceptors (Lipinski definition) is 3. The fourth-order valence-corrected chi connectivity index (χ4v) is 2.70. The largest absolute Gasteiger partial charge is 0.496 e. The summed E-state index contributed by atoms with van der Waals surface area (Å²) < 4.78 is 5.41. The van der Waals surface area contributed by atoms with Gasteiger partial charge in [0.15, 0.2) is 0 Å². The lowest BCUT2D eigenvalue weighted by molar-refractivity contribution is -0.120. The van der Waals surface area contributed by atoms with Crippen LogP contribution in [0.2, 0.25) is 0 Å². The van der Waals surface area contributed by atoms with E-state index in [4.69, 9.17) is 4.74 Å². The average Bonchev–Trinajstić information content (AvgIpc) is 2.49. The molecule has 2 rings (SSSR count). The van der Waals surface area contributed by atoms with Crippen molar-refractivity contribution in [3.8, 4) is 5.75 Å². The van der Waals surface area contributed by atoms with Crippen molar-refractivity contribution >= 4 is 5.91 Å². The number of carbonyl (C=O) groups is 1. The standard InChI is InChI=1S/C16H24N2O2/c1-3-9-17-16(19)11-18-13-7-8-14-12(10-13)5-4-6-15(14)20-2/h4-6,13,18H,3,7-11H2,1-2H3,(H,17,19). The highest BCUT2D eigenvalue weighted by Crippen LogP contribution is 2.29. The Balaban J connectivity index is 1.87. The van der Waals surface area contributed by atoms with E-state index >= 15 is 0 Å². The first-order chi connectivity index (χ1) is 9.74. The molecule has 0 bridgehead atoms. The Hall–Kier alpha value is -1.55. The minimum absolute atomic E-state index is 0.0864. The molecule has 0 saturated heterocycles. The lowest BCUT2D eigenvalue weighted by atomic mass is 9.87. The first-order valence-corrected chi connectivity index (χ1v) is 7.39. The summed E-state index contributed by atoms with van der Waals surface area (Å²) in [5.74, 6) is 1.07. The second-order valence-corrected chi connectivity index (χ2v) is 5.27. The maximum atomic E-state index is 11.6. The van der Waals surface area contributed by atoms with Crippen LogP contribution in [0.1, 0.15) is 30.9 Å². The summed E-state index contributed by atoms with van der Waals surface area (Å²) in [6, 6.07) is 6.59. The van der Waals surface area contributed by atoms with Gasteiger partial charge in [-0.3, -0.25) is 4.79 Å². The number of nitrogens with one attached hydrogen (secondary N) is 2. The maximum Gasteiger partial charge on any atom is 0.233 e. The topological polar surface area (TPSA) is 50.4 Å². The summed E-state index contributed by atoms with van der Waals surface area (Å²) in [4.78, 5) is 11.6. The second kappa shape index (κ2) is 7.29. The summed E-state index contributed by atoms with van der Waals surface area (Å²) in [5.41, 5.74) is 2.66. The molecular weight excluding hydrogens is 252 g/mol. The molecule has 0 fully saturated rings. The van der Waals surface area contributed by atoms with Crippen LogP contribution in [0.3, 0.4) is 0 Å². The Kier molecular flexibility index (Phi) is 5.41. The van der Waals surface area contributed by atoms with Gasteiger partial charge in [0.25, 0.3) is 0 Å². The molecule has 0 spiro atoms. The third kappa shape index (κ3) is 3.73. The number of ether oxygens (including phenoxy) is 1. The van der Waals surface area contributed by atoms with E-state index < -0.39 is 0 Å².